The first kappa shape index (κ1) is 26.6. The standard InChI is InChI=1S/C42H28N4S/c1-42(2)33-17-9-6-14-27(33)31-24-36-32(23-34(31)42)28-15-7-10-18-35(28)46(36)41-44-39(25-12-4-3-5-13-25)43-40(45-41)26-20-21-30-29-16-8-11-19-37(29)47-38(30)22-26/h3-24H,1-2H3. The quantitative estimate of drug-likeness (QED) is 0.197. The zero-order valence-corrected chi connectivity index (χ0v) is 26.7. The van der Waals surface area contributed by atoms with Crippen molar-refractivity contribution in [2.24, 2.45) is 0 Å². The summed E-state index contributed by atoms with van der Waals surface area (Å²) in [6.07, 6.45) is 0. The minimum atomic E-state index is -0.0879. The van der Waals surface area contributed by atoms with Crippen LogP contribution in [-0.4, -0.2) is 19.5 Å². The van der Waals surface area contributed by atoms with Crippen molar-refractivity contribution >= 4 is 53.3 Å². The summed E-state index contributed by atoms with van der Waals surface area (Å²) < 4.78 is 4.73. The van der Waals surface area contributed by atoms with Gasteiger partial charge in [-0.25, -0.2) is 4.98 Å². The first-order valence-corrected chi connectivity index (χ1v) is 16.8. The van der Waals surface area contributed by atoms with E-state index < -0.39 is 0 Å². The lowest BCUT2D eigenvalue weighted by Crippen LogP contribution is -2.14. The highest BCUT2D eigenvalue weighted by atomic mass is 32.1. The van der Waals surface area contributed by atoms with Crippen LogP contribution in [0.4, 0.5) is 0 Å². The van der Waals surface area contributed by atoms with Gasteiger partial charge in [0.25, 0.3) is 0 Å². The van der Waals surface area contributed by atoms with Crippen molar-refractivity contribution in [1.82, 2.24) is 19.5 Å². The molecule has 4 nitrogen and oxygen atoms in total. The van der Waals surface area contributed by atoms with E-state index >= 15 is 0 Å². The molecule has 3 aromatic heterocycles. The zero-order chi connectivity index (χ0) is 31.3. The van der Waals surface area contributed by atoms with Gasteiger partial charge in [-0.05, 0) is 52.6 Å². The molecule has 0 N–H and O–H groups in total. The molecule has 0 atom stereocenters. The van der Waals surface area contributed by atoms with Gasteiger partial charge in [0.05, 0.1) is 11.0 Å². The van der Waals surface area contributed by atoms with E-state index in [0.717, 1.165) is 22.2 Å². The predicted octanol–water partition coefficient (Wildman–Crippen LogP) is 11.0. The molecule has 9 aromatic rings. The number of benzene rings is 6. The second kappa shape index (κ2) is 9.68. The minimum absolute atomic E-state index is 0.0879. The van der Waals surface area contributed by atoms with E-state index in [1.807, 2.05) is 18.2 Å². The Kier molecular flexibility index (Phi) is 5.47. The Bertz CT molecular complexity index is 2720. The van der Waals surface area contributed by atoms with Crippen LogP contribution in [0.5, 0.6) is 0 Å². The van der Waals surface area contributed by atoms with Crippen LogP contribution in [0.1, 0.15) is 25.0 Å². The third-order valence-corrected chi connectivity index (χ3v) is 11.0. The minimum Gasteiger partial charge on any atom is -0.278 e. The van der Waals surface area contributed by atoms with E-state index in [1.165, 1.54) is 53.2 Å². The van der Waals surface area contributed by atoms with E-state index in [4.69, 9.17) is 15.0 Å². The molecule has 6 aromatic carbocycles. The van der Waals surface area contributed by atoms with Crippen LogP contribution in [0.3, 0.4) is 0 Å². The van der Waals surface area contributed by atoms with Crippen LogP contribution in [0.2, 0.25) is 0 Å². The number of para-hydroxylation sites is 1. The van der Waals surface area contributed by atoms with Crippen LogP contribution in [0.15, 0.2) is 133 Å². The highest BCUT2D eigenvalue weighted by Gasteiger charge is 2.36. The Morgan fingerprint density at radius 3 is 2.06 bits per heavy atom. The lowest BCUT2D eigenvalue weighted by atomic mass is 9.82. The molecule has 47 heavy (non-hydrogen) atoms. The van der Waals surface area contributed by atoms with Gasteiger partial charge in [0.1, 0.15) is 0 Å². The molecule has 222 valence electrons. The molecule has 0 spiro atoms. The van der Waals surface area contributed by atoms with Crippen LogP contribution >= 0.6 is 11.3 Å². The Labute approximate surface area is 275 Å². The molecule has 1 aliphatic carbocycles. The van der Waals surface area contributed by atoms with Crippen LogP contribution in [-0.2, 0) is 5.41 Å². The fourth-order valence-corrected chi connectivity index (χ4v) is 8.70. The normalized spacial score (nSPS) is 13.5. The molecule has 0 saturated carbocycles. The van der Waals surface area contributed by atoms with Gasteiger partial charge in [0.2, 0.25) is 5.95 Å². The summed E-state index contributed by atoms with van der Waals surface area (Å²) in [5, 5.41) is 4.93. The van der Waals surface area contributed by atoms with Crippen molar-refractivity contribution in [2.45, 2.75) is 19.3 Å². The van der Waals surface area contributed by atoms with Crippen LogP contribution in [0, 0.1) is 0 Å². The summed E-state index contributed by atoms with van der Waals surface area (Å²) in [7, 11) is 0. The SMILES string of the molecule is CC1(C)c2ccccc2-c2cc3c(cc21)c1ccccc1n3-c1nc(-c2ccccc2)nc(-c2ccc3c(c2)sc2ccccc23)n1. The third kappa shape index (κ3) is 3.84. The van der Waals surface area contributed by atoms with Gasteiger partial charge in [-0.15, -0.1) is 11.3 Å². The average Bonchev–Trinajstić information content (AvgIpc) is 3.73. The summed E-state index contributed by atoms with van der Waals surface area (Å²) in [6.45, 7) is 4.67. The van der Waals surface area contributed by atoms with Crippen LogP contribution in [0.25, 0.3) is 81.8 Å². The fourth-order valence-electron chi connectivity index (χ4n) is 7.55. The van der Waals surface area contributed by atoms with E-state index in [-0.39, 0.29) is 5.41 Å². The number of hydrogen-bond acceptors (Lipinski definition) is 4. The van der Waals surface area contributed by atoms with Crippen LogP contribution < -0.4 is 0 Å². The first-order chi connectivity index (χ1) is 23.0. The number of nitrogens with zero attached hydrogens (tertiary/aromatic N) is 4. The van der Waals surface area contributed by atoms with Gasteiger partial charge in [0.15, 0.2) is 11.6 Å². The molecular weight excluding hydrogens is 593 g/mol. The molecule has 0 aliphatic heterocycles. The Hall–Kier alpha value is -5.65. The predicted molar refractivity (Wildman–Crippen MR) is 195 cm³/mol. The Morgan fingerprint density at radius 2 is 1.19 bits per heavy atom. The summed E-state index contributed by atoms with van der Waals surface area (Å²) >= 11 is 1.81. The molecule has 0 fully saturated rings. The van der Waals surface area contributed by atoms with Gasteiger partial charge < -0.3 is 0 Å². The maximum atomic E-state index is 5.24. The maximum Gasteiger partial charge on any atom is 0.238 e. The zero-order valence-electron chi connectivity index (χ0n) is 25.9. The molecule has 0 unspecified atom stereocenters. The van der Waals surface area contributed by atoms with Gasteiger partial charge in [0, 0.05) is 47.5 Å². The summed E-state index contributed by atoms with van der Waals surface area (Å²) in [6, 6.07) is 47.6. The topological polar surface area (TPSA) is 43.6 Å². The summed E-state index contributed by atoms with van der Waals surface area (Å²) in [5.74, 6) is 1.93. The molecule has 0 amide bonds. The van der Waals surface area contributed by atoms with Gasteiger partial charge in [-0.3, -0.25) is 4.57 Å². The molecular formula is C42H28N4S. The lowest BCUT2D eigenvalue weighted by Gasteiger charge is -2.21. The number of aromatic nitrogens is 4. The molecule has 3 heterocycles. The number of thiophene rings is 1. The smallest absolute Gasteiger partial charge is 0.238 e. The van der Waals surface area contributed by atoms with Crippen molar-refractivity contribution in [1.29, 1.82) is 0 Å². The number of hydrogen-bond donors (Lipinski definition) is 0. The monoisotopic (exact) mass is 620 g/mol. The Balaban J connectivity index is 1.26. The number of rotatable bonds is 3. The van der Waals surface area contributed by atoms with Crippen molar-refractivity contribution in [3.63, 3.8) is 0 Å². The Morgan fingerprint density at radius 1 is 0.489 bits per heavy atom. The lowest BCUT2D eigenvalue weighted by molar-refractivity contribution is 0.661. The van der Waals surface area contributed by atoms with Crippen molar-refractivity contribution < 1.29 is 0 Å². The van der Waals surface area contributed by atoms with Crippen molar-refractivity contribution in [3.8, 4) is 39.9 Å². The second-order valence-corrected chi connectivity index (χ2v) is 14.0. The molecule has 5 heteroatoms. The first-order valence-electron chi connectivity index (χ1n) is 16.0. The van der Waals surface area contributed by atoms with Gasteiger partial charge in [-0.1, -0.05) is 117 Å². The number of fused-ring (bicyclic) bond motifs is 9. The molecule has 10 rings (SSSR count). The molecule has 0 radical (unpaired) electrons. The third-order valence-electron chi connectivity index (χ3n) is 9.87. The fraction of sp³-hybridized carbons (Fsp3) is 0.0714. The second-order valence-electron chi connectivity index (χ2n) is 12.9. The van der Waals surface area contributed by atoms with Crippen molar-refractivity contribution in [2.75, 3.05) is 0 Å². The van der Waals surface area contributed by atoms with Crippen molar-refractivity contribution in [3.05, 3.63) is 145 Å². The van der Waals surface area contributed by atoms with E-state index in [0.29, 0.717) is 17.6 Å². The van der Waals surface area contributed by atoms with E-state index in [9.17, 15) is 0 Å². The summed E-state index contributed by atoms with van der Waals surface area (Å²) in [5.41, 5.74) is 9.30. The maximum absolute atomic E-state index is 5.24. The molecule has 0 bridgehead atoms. The average molecular weight is 621 g/mol. The molecule has 0 saturated heterocycles. The highest BCUT2D eigenvalue weighted by molar-refractivity contribution is 7.25. The van der Waals surface area contributed by atoms with E-state index in [1.54, 1.807) is 11.3 Å². The summed E-state index contributed by atoms with van der Waals surface area (Å²) in [4.78, 5) is 15.5. The largest absolute Gasteiger partial charge is 0.278 e. The van der Waals surface area contributed by atoms with Gasteiger partial charge in [-0.2, -0.15) is 9.97 Å². The van der Waals surface area contributed by atoms with E-state index in [2.05, 4.69) is 134 Å². The highest BCUT2D eigenvalue weighted by Crippen LogP contribution is 2.51. The molecule has 1 aliphatic rings. The van der Waals surface area contributed by atoms with Gasteiger partial charge >= 0.3 is 0 Å².